The summed E-state index contributed by atoms with van der Waals surface area (Å²) in [6, 6.07) is 0. The molecule has 0 spiro atoms. The molecule has 0 aromatic rings. The monoisotopic (exact) mass is 114 g/mol. The molecule has 0 aromatic carbocycles. The number of rotatable bonds is 0. The van der Waals surface area contributed by atoms with Gasteiger partial charge in [-0.25, -0.2) is 5.48 Å². The van der Waals surface area contributed by atoms with Crippen LogP contribution in [0.4, 0.5) is 0 Å². The summed E-state index contributed by atoms with van der Waals surface area (Å²) in [7, 11) is 0. The summed E-state index contributed by atoms with van der Waals surface area (Å²) in [5, 5.41) is 11.0. The predicted molar refractivity (Wildman–Crippen MR) is 27.2 cm³/mol. The lowest BCUT2D eigenvalue weighted by Crippen LogP contribution is -2.23. The molecular weight excluding hydrogens is 108 g/mol. The molecule has 0 bridgehead atoms. The van der Waals surface area contributed by atoms with Crippen molar-refractivity contribution < 1.29 is 10.0 Å². The molecule has 1 heterocycles. The molecular formula is C4H6N2O2. The van der Waals surface area contributed by atoms with Gasteiger partial charge >= 0.3 is 0 Å². The van der Waals surface area contributed by atoms with E-state index in [9.17, 15) is 0 Å². The average molecular weight is 114 g/mol. The zero-order valence-corrected chi connectivity index (χ0v) is 4.16. The molecule has 2 N–H and O–H groups in total. The van der Waals surface area contributed by atoms with Gasteiger partial charge in [-0.05, 0) is 6.08 Å². The summed E-state index contributed by atoms with van der Waals surface area (Å²) >= 11 is 0. The van der Waals surface area contributed by atoms with E-state index in [4.69, 9.17) is 5.21 Å². The van der Waals surface area contributed by atoms with Crippen molar-refractivity contribution in [1.29, 1.82) is 0 Å². The minimum absolute atomic E-state index is 0.424. The van der Waals surface area contributed by atoms with E-state index in [1.54, 1.807) is 6.08 Å². The highest BCUT2D eigenvalue weighted by Crippen LogP contribution is 1.91. The Labute approximate surface area is 46.4 Å². The van der Waals surface area contributed by atoms with E-state index in [-0.39, 0.29) is 0 Å². The van der Waals surface area contributed by atoms with Crippen LogP contribution in [0.5, 0.6) is 0 Å². The first kappa shape index (κ1) is 4.96. The Balaban J connectivity index is 2.50. The molecule has 0 fully saturated rings. The van der Waals surface area contributed by atoms with Gasteiger partial charge in [-0.15, -0.1) is 0 Å². The van der Waals surface area contributed by atoms with Crippen LogP contribution in [0.1, 0.15) is 6.42 Å². The lowest BCUT2D eigenvalue weighted by molar-refractivity contribution is 0.177. The number of amidine groups is 1. The summed E-state index contributed by atoms with van der Waals surface area (Å²) in [6.45, 7) is 0. The van der Waals surface area contributed by atoms with E-state index in [1.165, 1.54) is 6.26 Å². The molecule has 0 saturated carbocycles. The number of nitrogens with one attached hydrogen (secondary N) is 1. The minimum Gasteiger partial charge on any atom is -0.409 e. The summed E-state index contributed by atoms with van der Waals surface area (Å²) in [5.74, 6) is 0.424. The third-order valence-corrected chi connectivity index (χ3v) is 0.773. The van der Waals surface area contributed by atoms with Crippen LogP contribution >= 0.6 is 0 Å². The Kier molecular flexibility index (Phi) is 1.37. The quantitative estimate of drug-likeness (QED) is 0.349. The molecule has 0 atom stereocenters. The van der Waals surface area contributed by atoms with Crippen LogP contribution in [0.3, 0.4) is 0 Å². The fourth-order valence-corrected chi connectivity index (χ4v) is 0.413. The number of nitrogens with zero attached hydrogens (tertiary/aromatic N) is 1. The van der Waals surface area contributed by atoms with Gasteiger partial charge in [-0.3, -0.25) is 0 Å². The average Bonchev–Trinajstić information content (AvgIpc) is 1.90. The number of oxime groups is 1. The van der Waals surface area contributed by atoms with Crippen LogP contribution in [-0.4, -0.2) is 11.0 Å². The Hall–Kier alpha value is -1.19. The first-order valence-electron chi connectivity index (χ1n) is 2.21. The lowest BCUT2D eigenvalue weighted by Gasteiger charge is -2.07. The van der Waals surface area contributed by atoms with Gasteiger partial charge < -0.3 is 10.0 Å². The molecule has 1 aliphatic rings. The van der Waals surface area contributed by atoms with Crippen LogP contribution in [0.15, 0.2) is 17.5 Å². The smallest absolute Gasteiger partial charge is 0.179 e. The molecule has 0 saturated heterocycles. The maximum absolute atomic E-state index is 8.10. The first-order chi connectivity index (χ1) is 3.93. The maximum Gasteiger partial charge on any atom is 0.179 e. The Morgan fingerprint density at radius 2 is 2.75 bits per heavy atom. The first-order valence-corrected chi connectivity index (χ1v) is 2.21. The van der Waals surface area contributed by atoms with Gasteiger partial charge in [-0.2, -0.15) is 0 Å². The number of hydrogen-bond donors (Lipinski definition) is 2. The van der Waals surface area contributed by atoms with Crippen LogP contribution in [0.25, 0.3) is 0 Å². The molecule has 8 heavy (non-hydrogen) atoms. The molecule has 0 amide bonds. The molecule has 0 radical (unpaired) electrons. The van der Waals surface area contributed by atoms with Gasteiger partial charge in [0.15, 0.2) is 5.84 Å². The van der Waals surface area contributed by atoms with Gasteiger partial charge in [0.1, 0.15) is 6.26 Å². The van der Waals surface area contributed by atoms with Crippen molar-refractivity contribution in [1.82, 2.24) is 5.48 Å². The molecule has 1 rings (SSSR count). The van der Waals surface area contributed by atoms with Crippen LogP contribution in [0.2, 0.25) is 0 Å². The summed E-state index contributed by atoms with van der Waals surface area (Å²) in [6.07, 6.45) is 3.83. The molecule has 1 aliphatic heterocycles. The van der Waals surface area contributed by atoms with Crippen molar-refractivity contribution in [2.45, 2.75) is 6.42 Å². The fraction of sp³-hybridized carbons (Fsp3) is 0.250. The summed E-state index contributed by atoms with van der Waals surface area (Å²) in [5.41, 5.74) is 2.38. The second-order valence-electron chi connectivity index (χ2n) is 1.34. The fourth-order valence-electron chi connectivity index (χ4n) is 0.413. The van der Waals surface area contributed by atoms with E-state index >= 15 is 0 Å². The zero-order valence-electron chi connectivity index (χ0n) is 4.16. The third-order valence-electron chi connectivity index (χ3n) is 0.773. The van der Waals surface area contributed by atoms with E-state index in [1.807, 2.05) is 0 Å². The SMILES string of the molecule is ON=C1CC=CON1. The molecule has 0 aliphatic carbocycles. The van der Waals surface area contributed by atoms with Crippen molar-refractivity contribution in [2.75, 3.05) is 0 Å². The zero-order chi connectivity index (χ0) is 5.82. The summed E-state index contributed by atoms with van der Waals surface area (Å²) in [4.78, 5) is 4.55. The van der Waals surface area contributed by atoms with Crippen LogP contribution < -0.4 is 5.48 Å². The summed E-state index contributed by atoms with van der Waals surface area (Å²) < 4.78 is 0. The topological polar surface area (TPSA) is 53.9 Å². The second-order valence-corrected chi connectivity index (χ2v) is 1.34. The Bertz CT molecular complexity index is 130. The van der Waals surface area contributed by atoms with Crippen molar-refractivity contribution in [3.63, 3.8) is 0 Å². The van der Waals surface area contributed by atoms with Crippen molar-refractivity contribution in [3.8, 4) is 0 Å². The van der Waals surface area contributed by atoms with Gasteiger partial charge in [0.2, 0.25) is 0 Å². The molecule has 44 valence electrons. The second kappa shape index (κ2) is 2.20. The van der Waals surface area contributed by atoms with E-state index in [2.05, 4.69) is 15.5 Å². The van der Waals surface area contributed by atoms with E-state index in [0.29, 0.717) is 12.3 Å². The van der Waals surface area contributed by atoms with E-state index in [0.717, 1.165) is 0 Å². The van der Waals surface area contributed by atoms with Crippen molar-refractivity contribution in [2.24, 2.45) is 5.16 Å². The molecule has 4 heteroatoms. The number of hydrogen-bond acceptors (Lipinski definition) is 3. The maximum atomic E-state index is 8.10. The standard InChI is InChI=1S/C4H6N2O2/c7-5-4-2-1-3-8-6-4/h1,3,7H,2H2,(H,5,6). The normalized spacial score (nSPS) is 22.2. The van der Waals surface area contributed by atoms with Gasteiger partial charge in [-0.1, -0.05) is 5.16 Å². The minimum atomic E-state index is 0.424. The van der Waals surface area contributed by atoms with Crippen LogP contribution in [-0.2, 0) is 4.84 Å². The molecule has 4 nitrogen and oxygen atoms in total. The van der Waals surface area contributed by atoms with Crippen molar-refractivity contribution in [3.05, 3.63) is 12.3 Å². The highest BCUT2D eigenvalue weighted by molar-refractivity contribution is 5.82. The highest BCUT2D eigenvalue weighted by atomic mass is 16.6. The Morgan fingerprint density at radius 3 is 3.12 bits per heavy atom. The highest BCUT2D eigenvalue weighted by Gasteiger charge is 1.98. The molecule has 0 unspecified atom stereocenters. The van der Waals surface area contributed by atoms with E-state index < -0.39 is 0 Å². The van der Waals surface area contributed by atoms with Gasteiger partial charge in [0.25, 0.3) is 0 Å². The predicted octanol–water partition coefficient (Wildman–Crippen LogP) is 0.213. The molecule has 0 aromatic heterocycles. The largest absolute Gasteiger partial charge is 0.409 e. The van der Waals surface area contributed by atoms with Crippen LogP contribution in [0, 0.1) is 0 Å². The van der Waals surface area contributed by atoms with Gasteiger partial charge in [0, 0.05) is 6.42 Å². The third kappa shape index (κ3) is 0.900. The Morgan fingerprint density at radius 1 is 1.88 bits per heavy atom. The van der Waals surface area contributed by atoms with Gasteiger partial charge in [0.05, 0.1) is 0 Å². The van der Waals surface area contributed by atoms with Crippen molar-refractivity contribution >= 4 is 5.84 Å². The number of hydroxylamine groups is 1. The lowest BCUT2D eigenvalue weighted by atomic mass is 10.4.